The van der Waals surface area contributed by atoms with Gasteiger partial charge in [0.25, 0.3) is 0 Å². The normalized spacial score (nSPS) is 10.7. The third-order valence-corrected chi connectivity index (χ3v) is 3.39. The van der Waals surface area contributed by atoms with E-state index in [2.05, 4.69) is 93.1 Å². The third-order valence-electron chi connectivity index (χ3n) is 3.39. The second kappa shape index (κ2) is 12.5. The summed E-state index contributed by atoms with van der Waals surface area (Å²) >= 11 is 0. The molecule has 3 heteroatoms. The maximum absolute atomic E-state index is 7.57. The Labute approximate surface area is 165 Å². The summed E-state index contributed by atoms with van der Waals surface area (Å²) in [4.78, 5) is 2.30. The van der Waals surface area contributed by atoms with Gasteiger partial charge in [-0.2, -0.15) is 0 Å². The van der Waals surface area contributed by atoms with Crippen LogP contribution >= 0.6 is 12.4 Å². The zero-order valence-corrected chi connectivity index (χ0v) is 17.4. The van der Waals surface area contributed by atoms with Gasteiger partial charge in [-0.05, 0) is 57.2 Å². The fourth-order valence-corrected chi connectivity index (χ4v) is 2.34. The fourth-order valence-electron chi connectivity index (χ4n) is 2.34. The van der Waals surface area contributed by atoms with Crippen LogP contribution in [0.5, 0.6) is 0 Å². The van der Waals surface area contributed by atoms with Gasteiger partial charge >= 0.3 is 0 Å². The first-order valence-corrected chi connectivity index (χ1v) is 8.81. The topological polar surface area (TPSA) is 23.5 Å². The van der Waals surface area contributed by atoms with Gasteiger partial charge in [0.1, 0.15) is 0 Å². The zero-order valence-electron chi connectivity index (χ0n) is 16.6. The predicted molar refractivity (Wildman–Crippen MR) is 117 cm³/mol. The van der Waals surface area contributed by atoms with Gasteiger partial charge in [0, 0.05) is 25.1 Å². The summed E-state index contributed by atoms with van der Waals surface area (Å²) in [6.07, 6.45) is 4.09. The number of aliphatic hydroxyl groups excluding tert-OH is 1. The van der Waals surface area contributed by atoms with E-state index >= 15 is 0 Å². The summed E-state index contributed by atoms with van der Waals surface area (Å²) in [7, 11) is 2.14. The van der Waals surface area contributed by atoms with Crippen molar-refractivity contribution in [3.8, 4) is 11.8 Å². The van der Waals surface area contributed by atoms with Crippen molar-refractivity contribution in [3.63, 3.8) is 0 Å². The maximum atomic E-state index is 7.57. The van der Waals surface area contributed by atoms with Gasteiger partial charge < -0.3 is 5.11 Å². The molecule has 0 aliphatic rings. The first-order chi connectivity index (χ1) is 11.9. The van der Waals surface area contributed by atoms with E-state index in [1.54, 1.807) is 6.92 Å². The number of aliphatic hydroxyl groups is 1. The highest BCUT2D eigenvalue weighted by Gasteiger charge is 2.03. The third kappa shape index (κ3) is 9.63. The average Bonchev–Trinajstić information content (AvgIpc) is 2.54. The van der Waals surface area contributed by atoms with E-state index in [0.717, 1.165) is 13.1 Å². The summed E-state index contributed by atoms with van der Waals surface area (Å²) < 4.78 is 0. The molecule has 0 bridgehead atoms. The van der Waals surface area contributed by atoms with E-state index in [1.165, 1.54) is 16.3 Å². The molecule has 0 aromatic heterocycles. The van der Waals surface area contributed by atoms with Gasteiger partial charge in [0.2, 0.25) is 0 Å². The fraction of sp³-hybridized carbons (Fsp3) is 0.391. The van der Waals surface area contributed by atoms with Gasteiger partial charge in [-0.1, -0.05) is 60.4 Å². The Balaban J connectivity index is 0.00000146. The van der Waals surface area contributed by atoms with Crippen LogP contribution in [0.15, 0.2) is 54.6 Å². The molecular weight excluding hydrogens is 342 g/mol. The van der Waals surface area contributed by atoms with Crippen LogP contribution in [0.4, 0.5) is 0 Å². The van der Waals surface area contributed by atoms with Crippen LogP contribution in [0.25, 0.3) is 10.8 Å². The van der Waals surface area contributed by atoms with E-state index in [4.69, 9.17) is 5.11 Å². The van der Waals surface area contributed by atoms with Gasteiger partial charge in [0.15, 0.2) is 0 Å². The molecule has 2 rings (SSSR count). The Morgan fingerprint density at radius 2 is 1.69 bits per heavy atom. The minimum atomic E-state index is 0. The van der Waals surface area contributed by atoms with Crippen LogP contribution in [0.1, 0.15) is 33.3 Å². The Kier molecular flexibility index (Phi) is 11.7. The number of likely N-dealkylation sites (N-methyl/N-ethyl adjacent to an activating group) is 1. The minimum Gasteiger partial charge on any atom is -0.397 e. The van der Waals surface area contributed by atoms with Gasteiger partial charge in [-0.15, -0.1) is 12.4 Å². The smallest absolute Gasteiger partial charge is 0.0402 e. The molecule has 0 saturated heterocycles. The molecule has 0 aliphatic carbocycles. The van der Waals surface area contributed by atoms with Crippen LogP contribution in [-0.2, 0) is 6.54 Å². The molecule has 26 heavy (non-hydrogen) atoms. The van der Waals surface area contributed by atoms with Crippen molar-refractivity contribution in [3.05, 3.63) is 60.2 Å². The molecule has 142 valence electrons. The van der Waals surface area contributed by atoms with Crippen LogP contribution in [0.3, 0.4) is 0 Å². The summed E-state index contributed by atoms with van der Waals surface area (Å²) in [5.41, 5.74) is 1.44. The lowest BCUT2D eigenvalue weighted by molar-refractivity contribution is 0.318. The lowest BCUT2D eigenvalue weighted by Crippen LogP contribution is -2.17. The first kappa shape index (κ1) is 24.2. The van der Waals surface area contributed by atoms with Gasteiger partial charge in [0.05, 0.1) is 0 Å². The Bertz CT molecular complexity index is 730. The summed E-state index contributed by atoms with van der Waals surface area (Å²) in [5.74, 6) is 6.33. The highest BCUT2D eigenvalue weighted by Crippen LogP contribution is 2.19. The van der Waals surface area contributed by atoms with Gasteiger partial charge in [-0.3, -0.25) is 4.90 Å². The maximum Gasteiger partial charge on any atom is 0.0402 e. The number of nitrogens with zero attached hydrogens (tertiary/aromatic N) is 1. The van der Waals surface area contributed by atoms with E-state index in [-0.39, 0.29) is 24.4 Å². The molecule has 0 fully saturated rings. The van der Waals surface area contributed by atoms with Gasteiger partial charge in [-0.25, -0.2) is 0 Å². The average molecular weight is 374 g/mol. The lowest BCUT2D eigenvalue weighted by atomic mass is 9.98. The molecule has 2 aromatic carbocycles. The molecule has 1 N–H and O–H groups in total. The van der Waals surface area contributed by atoms with Crippen molar-refractivity contribution in [2.75, 3.05) is 20.2 Å². The number of fused-ring (bicyclic) bond motifs is 1. The molecular formula is C23H32ClNO. The van der Waals surface area contributed by atoms with Crippen molar-refractivity contribution in [1.82, 2.24) is 4.90 Å². The molecule has 0 atom stereocenters. The molecule has 0 amide bonds. The molecule has 0 heterocycles. The summed E-state index contributed by atoms with van der Waals surface area (Å²) in [5, 5.41) is 10.2. The largest absolute Gasteiger partial charge is 0.397 e. The molecule has 0 aliphatic heterocycles. The Morgan fingerprint density at radius 3 is 2.35 bits per heavy atom. The molecule has 0 radical (unpaired) electrons. The van der Waals surface area contributed by atoms with E-state index in [1.807, 2.05) is 6.08 Å². The van der Waals surface area contributed by atoms with E-state index in [9.17, 15) is 0 Å². The van der Waals surface area contributed by atoms with Crippen molar-refractivity contribution < 1.29 is 5.11 Å². The van der Waals surface area contributed by atoms with Crippen LogP contribution in [0.2, 0.25) is 0 Å². The molecule has 0 unspecified atom stereocenters. The summed E-state index contributed by atoms with van der Waals surface area (Å²) in [6.45, 7) is 10.2. The van der Waals surface area contributed by atoms with E-state index in [0.29, 0.717) is 0 Å². The minimum absolute atomic E-state index is 0. The Morgan fingerprint density at radius 1 is 1.08 bits per heavy atom. The SMILES string of the molecule is CCO.CN(C/C=C/C#CC(C)(C)C)Cc1cccc2ccccc12.Cl. The number of halogens is 1. The molecule has 2 nitrogen and oxygen atoms in total. The van der Waals surface area contributed by atoms with Crippen molar-refractivity contribution in [2.24, 2.45) is 5.41 Å². The molecule has 2 aromatic rings. The summed E-state index contributed by atoms with van der Waals surface area (Å²) in [6, 6.07) is 15.1. The monoisotopic (exact) mass is 373 g/mol. The lowest BCUT2D eigenvalue weighted by Gasteiger charge is -2.15. The van der Waals surface area contributed by atoms with Crippen molar-refractivity contribution in [1.29, 1.82) is 0 Å². The highest BCUT2D eigenvalue weighted by atomic mass is 35.5. The predicted octanol–water partition coefficient (Wildman–Crippen LogP) is 5.30. The second-order valence-corrected chi connectivity index (χ2v) is 7.07. The highest BCUT2D eigenvalue weighted by molar-refractivity contribution is 5.85. The number of hydrogen-bond acceptors (Lipinski definition) is 2. The number of benzene rings is 2. The molecule has 0 saturated carbocycles. The standard InChI is InChI=1S/C21H25N.C2H6O.ClH/c1-21(2,3)15-8-5-9-16-22(4)17-19-13-10-12-18-11-6-7-14-20(18)19;1-2-3;/h5-7,9-14H,16-17H2,1-4H3;3H,2H2,1H3;1H/b9-5+;;. The van der Waals surface area contributed by atoms with E-state index < -0.39 is 0 Å². The van der Waals surface area contributed by atoms with Crippen LogP contribution < -0.4 is 0 Å². The van der Waals surface area contributed by atoms with Crippen molar-refractivity contribution in [2.45, 2.75) is 34.2 Å². The molecule has 0 spiro atoms. The van der Waals surface area contributed by atoms with Crippen molar-refractivity contribution >= 4 is 23.2 Å². The quantitative estimate of drug-likeness (QED) is 0.735. The number of allylic oxidation sites excluding steroid dienone is 1. The van der Waals surface area contributed by atoms with Crippen LogP contribution in [0, 0.1) is 17.3 Å². The Hall–Kier alpha value is -1.79. The second-order valence-electron chi connectivity index (χ2n) is 7.07. The number of hydrogen-bond donors (Lipinski definition) is 1. The zero-order chi connectivity index (χ0) is 18.7. The first-order valence-electron chi connectivity index (χ1n) is 8.81. The number of rotatable bonds is 4. The van der Waals surface area contributed by atoms with Crippen LogP contribution in [-0.4, -0.2) is 30.2 Å².